The van der Waals surface area contributed by atoms with Gasteiger partial charge in [-0.25, -0.2) is 4.68 Å². The second kappa shape index (κ2) is 36.0. The van der Waals surface area contributed by atoms with Gasteiger partial charge in [0.2, 0.25) is 11.8 Å². The average Bonchev–Trinajstić information content (AvgIpc) is 3.80. The minimum Gasteiger partial charge on any atom is -0.379 e. The highest BCUT2D eigenvalue weighted by molar-refractivity contribution is 6.03. The molecule has 0 aromatic carbocycles. The predicted octanol–water partition coefficient (Wildman–Crippen LogP) is 2.85. The zero-order valence-corrected chi connectivity index (χ0v) is 38.8. The van der Waals surface area contributed by atoms with Gasteiger partial charge in [-0.1, -0.05) is 46.8 Å². The molecule has 62 heavy (non-hydrogen) atoms. The molecule has 0 saturated carbocycles. The number of aromatic nitrogens is 3. The van der Waals surface area contributed by atoms with Crippen molar-refractivity contribution < 1.29 is 71.2 Å². The number of rotatable bonds is 43. The molecule has 1 aliphatic heterocycles. The van der Waals surface area contributed by atoms with E-state index in [2.05, 4.69) is 31.1 Å². The maximum absolute atomic E-state index is 12.7. The second-order valence-electron chi connectivity index (χ2n) is 16.7. The molecule has 1 saturated heterocycles. The van der Waals surface area contributed by atoms with Gasteiger partial charge in [0.1, 0.15) is 5.69 Å². The van der Waals surface area contributed by atoms with E-state index in [1.54, 1.807) is 10.9 Å². The molecule has 19 nitrogen and oxygen atoms in total. The lowest BCUT2D eigenvalue weighted by molar-refractivity contribution is -0.141. The lowest BCUT2D eigenvalue weighted by atomic mass is 9.80. The van der Waals surface area contributed by atoms with Crippen LogP contribution in [0.5, 0.6) is 0 Å². The molecule has 1 fully saturated rings. The summed E-state index contributed by atoms with van der Waals surface area (Å²) in [4.78, 5) is 26.4. The molecule has 2 amide bonds. The molecule has 0 spiro atoms. The minimum absolute atomic E-state index is 0.136. The van der Waals surface area contributed by atoms with Crippen molar-refractivity contribution in [3.8, 4) is 0 Å². The highest BCUT2D eigenvalue weighted by Gasteiger charge is 2.44. The van der Waals surface area contributed by atoms with Gasteiger partial charge in [0.25, 0.3) is 0 Å². The maximum Gasteiger partial charge on any atom is 0.233 e. The summed E-state index contributed by atoms with van der Waals surface area (Å²) < 4.78 is 73.4. The van der Waals surface area contributed by atoms with Crippen molar-refractivity contribution in [2.24, 2.45) is 16.7 Å². The average molecular weight is 893 g/mol. The Labute approximate surface area is 370 Å². The molecule has 0 aliphatic carbocycles. The summed E-state index contributed by atoms with van der Waals surface area (Å²) >= 11 is 0. The van der Waals surface area contributed by atoms with E-state index >= 15 is 0 Å². The van der Waals surface area contributed by atoms with Crippen LogP contribution in [0, 0.1) is 16.7 Å². The first-order valence-corrected chi connectivity index (χ1v) is 22.2. The van der Waals surface area contributed by atoms with Crippen LogP contribution in [0.25, 0.3) is 0 Å². The number of carbonyl (C=O) groups is 2. The summed E-state index contributed by atoms with van der Waals surface area (Å²) in [6, 6.07) is 0. The number of likely N-dealkylation sites (tertiary alicyclic amines) is 1. The van der Waals surface area contributed by atoms with Crippen molar-refractivity contribution in [2.45, 2.75) is 67.5 Å². The van der Waals surface area contributed by atoms with Crippen molar-refractivity contribution >= 4 is 11.8 Å². The van der Waals surface area contributed by atoms with E-state index in [1.807, 2.05) is 20.8 Å². The van der Waals surface area contributed by atoms with Gasteiger partial charge in [-0.3, -0.25) is 14.5 Å². The third-order valence-electron chi connectivity index (χ3n) is 9.12. The molecule has 362 valence electrons. The fourth-order valence-corrected chi connectivity index (χ4v) is 5.49. The first-order chi connectivity index (χ1) is 30.0. The van der Waals surface area contributed by atoms with Crippen LogP contribution in [0.15, 0.2) is 6.20 Å². The molecular formula is C43H80N4O15. The first kappa shape index (κ1) is 55.9. The quantitative estimate of drug-likeness (QED) is 0.0687. The summed E-state index contributed by atoms with van der Waals surface area (Å²) in [5.41, 5.74) is 0.602. The fraction of sp³-hybridized carbons (Fsp3) is 0.907. The molecule has 1 unspecified atom stereocenters. The highest BCUT2D eigenvalue weighted by atomic mass is 16.6. The number of hydrogen-bond acceptors (Lipinski definition) is 17. The number of imide groups is 1. The van der Waals surface area contributed by atoms with Crippen LogP contribution < -0.4 is 0 Å². The summed E-state index contributed by atoms with van der Waals surface area (Å²) in [5.74, 6) is -0.616. The molecular weight excluding hydrogens is 812 g/mol. The minimum atomic E-state index is -0.307. The Kier molecular flexibility index (Phi) is 32.5. The molecule has 1 aliphatic rings. The Balaban J connectivity index is 1.19. The highest BCUT2D eigenvalue weighted by Crippen LogP contribution is 2.35. The third kappa shape index (κ3) is 30.8. The number of carbonyl (C=O) groups excluding carboxylic acids is 2. The van der Waals surface area contributed by atoms with E-state index in [0.29, 0.717) is 183 Å². The second-order valence-corrected chi connectivity index (χ2v) is 16.7. The summed E-state index contributed by atoms with van der Waals surface area (Å²) in [5, 5.41) is 8.18. The molecule has 1 aromatic rings. The lowest BCUT2D eigenvalue weighted by Gasteiger charge is -2.24. The molecule has 2 rings (SSSR count). The molecule has 1 atom stereocenters. The summed E-state index contributed by atoms with van der Waals surface area (Å²) in [7, 11) is 0. The monoisotopic (exact) mass is 893 g/mol. The number of ether oxygens (including phenoxy) is 13. The SMILES string of the molecule is CC(C)(C)CCOCCOCCOCCOCCOCCOCCOCCOCCOCCOCCOCCOCCOCCn1cc(CN2C(=O)CC(C(C)(C)C)C2=O)nn1. The normalized spacial score (nSPS) is 14.9. The molecule has 19 heteroatoms. The largest absolute Gasteiger partial charge is 0.379 e. The van der Waals surface area contributed by atoms with E-state index in [4.69, 9.17) is 61.6 Å². The first-order valence-electron chi connectivity index (χ1n) is 22.2. The predicted molar refractivity (Wildman–Crippen MR) is 228 cm³/mol. The molecule has 0 N–H and O–H groups in total. The third-order valence-corrected chi connectivity index (χ3v) is 9.12. The standard InChI is InChI=1S/C43H80N4O15/c1-42(2,3)7-9-50-11-13-52-15-17-54-19-21-56-23-25-58-27-29-60-31-33-62-34-32-61-30-28-59-26-24-57-22-20-55-18-16-53-14-12-51-10-8-46-36-38(44-45-46)37-47-40(48)35-39(41(47)49)43(4,5)6/h36,39H,7-35,37H2,1-6H3. The van der Waals surface area contributed by atoms with Crippen LogP contribution in [0.2, 0.25) is 0 Å². The lowest BCUT2D eigenvalue weighted by Crippen LogP contribution is -2.33. The van der Waals surface area contributed by atoms with Crippen LogP contribution in [0.3, 0.4) is 0 Å². The van der Waals surface area contributed by atoms with E-state index in [9.17, 15) is 9.59 Å². The van der Waals surface area contributed by atoms with E-state index in [0.717, 1.165) is 13.0 Å². The Hall–Kier alpha value is -2.24. The van der Waals surface area contributed by atoms with E-state index in [1.165, 1.54) is 4.90 Å². The molecule has 0 radical (unpaired) electrons. The van der Waals surface area contributed by atoms with E-state index in [-0.39, 0.29) is 36.1 Å². The topological polar surface area (TPSA) is 188 Å². The van der Waals surface area contributed by atoms with E-state index < -0.39 is 0 Å². The van der Waals surface area contributed by atoms with Crippen LogP contribution in [-0.4, -0.2) is 203 Å². The van der Waals surface area contributed by atoms with Crippen LogP contribution >= 0.6 is 0 Å². The Morgan fingerprint density at radius 2 is 0.790 bits per heavy atom. The van der Waals surface area contributed by atoms with Crippen molar-refractivity contribution in [1.82, 2.24) is 19.9 Å². The fourth-order valence-electron chi connectivity index (χ4n) is 5.49. The van der Waals surface area contributed by atoms with Crippen molar-refractivity contribution in [3.05, 3.63) is 11.9 Å². The van der Waals surface area contributed by atoms with Crippen molar-refractivity contribution in [2.75, 3.05) is 172 Å². The zero-order chi connectivity index (χ0) is 45.0. The number of hydrogen-bond donors (Lipinski definition) is 0. The summed E-state index contributed by atoms with van der Waals surface area (Å²) in [6.07, 6.45) is 3.01. The smallest absolute Gasteiger partial charge is 0.233 e. The van der Waals surface area contributed by atoms with Crippen LogP contribution in [-0.2, 0) is 84.3 Å². The van der Waals surface area contributed by atoms with Gasteiger partial charge in [0, 0.05) is 13.0 Å². The molecule has 0 bridgehead atoms. The van der Waals surface area contributed by atoms with Crippen molar-refractivity contribution in [3.63, 3.8) is 0 Å². The van der Waals surface area contributed by atoms with Gasteiger partial charge >= 0.3 is 0 Å². The zero-order valence-electron chi connectivity index (χ0n) is 38.8. The van der Waals surface area contributed by atoms with Gasteiger partial charge in [-0.05, 0) is 17.3 Å². The summed E-state index contributed by atoms with van der Waals surface area (Å²) in [6.45, 7) is 26.3. The molecule has 2 heterocycles. The van der Waals surface area contributed by atoms with Gasteiger partial charge in [0.05, 0.1) is 190 Å². The van der Waals surface area contributed by atoms with Crippen LogP contribution in [0.4, 0.5) is 0 Å². The van der Waals surface area contributed by atoms with Gasteiger partial charge in [0.15, 0.2) is 0 Å². The van der Waals surface area contributed by atoms with Crippen LogP contribution in [0.1, 0.15) is 60.1 Å². The maximum atomic E-state index is 12.7. The van der Waals surface area contributed by atoms with Gasteiger partial charge < -0.3 is 61.6 Å². The number of amides is 2. The molecule has 1 aromatic heterocycles. The number of nitrogens with zero attached hydrogens (tertiary/aromatic N) is 4. The Bertz CT molecular complexity index is 1230. The Morgan fingerprint density at radius 3 is 1.08 bits per heavy atom. The van der Waals surface area contributed by atoms with Gasteiger partial charge in [-0.15, -0.1) is 5.10 Å². The van der Waals surface area contributed by atoms with Crippen molar-refractivity contribution in [1.29, 1.82) is 0 Å². The Morgan fingerprint density at radius 1 is 0.484 bits per heavy atom. The van der Waals surface area contributed by atoms with Gasteiger partial charge in [-0.2, -0.15) is 0 Å².